The molecule has 3 heterocycles. The molecule has 2 aromatic rings. The predicted octanol–water partition coefficient (Wildman–Crippen LogP) is 4.88. The number of pyridine rings is 1. The van der Waals surface area contributed by atoms with E-state index < -0.39 is 0 Å². The number of hydrogen-bond acceptors (Lipinski definition) is 2. The summed E-state index contributed by atoms with van der Waals surface area (Å²) in [6, 6.07) is 5.99. The van der Waals surface area contributed by atoms with E-state index in [2.05, 4.69) is 45.8 Å². The molecule has 1 aliphatic heterocycles. The molecule has 0 saturated carbocycles. The van der Waals surface area contributed by atoms with Crippen LogP contribution < -0.4 is 0 Å². The lowest BCUT2D eigenvalue weighted by Gasteiger charge is -2.32. The van der Waals surface area contributed by atoms with E-state index in [1.807, 2.05) is 25.1 Å². The Hall–Kier alpha value is -2.38. The minimum absolute atomic E-state index is 0.209. The Morgan fingerprint density at radius 2 is 2.15 bits per heavy atom. The van der Waals surface area contributed by atoms with Gasteiger partial charge in [0.1, 0.15) is 5.65 Å². The molecule has 1 saturated heterocycles. The molecule has 2 aromatic heterocycles. The Labute approximate surface area is 161 Å². The Bertz CT molecular complexity index is 841. The molecule has 0 unspecified atom stereocenters. The Balaban J connectivity index is 1.56. The Morgan fingerprint density at radius 1 is 1.33 bits per heavy atom. The lowest BCUT2D eigenvalue weighted by Crippen LogP contribution is -2.34. The third-order valence-electron chi connectivity index (χ3n) is 5.22. The van der Waals surface area contributed by atoms with Crippen LogP contribution in [-0.2, 0) is 0 Å². The van der Waals surface area contributed by atoms with Gasteiger partial charge in [-0.15, -0.1) is 0 Å². The molecule has 4 heteroatoms. The van der Waals surface area contributed by atoms with Crippen LogP contribution in [0.5, 0.6) is 0 Å². The van der Waals surface area contributed by atoms with Crippen molar-refractivity contribution in [2.24, 2.45) is 5.92 Å². The van der Waals surface area contributed by atoms with Gasteiger partial charge in [0.2, 0.25) is 0 Å². The molecule has 0 amide bonds. The highest BCUT2D eigenvalue weighted by Gasteiger charge is 2.19. The molecular formula is C23H28FN3. The summed E-state index contributed by atoms with van der Waals surface area (Å²) in [5, 5.41) is 1.08. The Morgan fingerprint density at radius 3 is 2.89 bits per heavy atom. The topological polar surface area (TPSA) is 31.9 Å². The molecule has 0 spiro atoms. The molecule has 0 aromatic carbocycles. The van der Waals surface area contributed by atoms with Gasteiger partial charge < -0.3 is 9.88 Å². The number of aromatic amines is 1. The first-order chi connectivity index (χ1) is 13.2. The second-order valence-electron chi connectivity index (χ2n) is 7.29. The van der Waals surface area contributed by atoms with Crippen LogP contribution in [-0.4, -0.2) is 41.2 Å². The van der Waals surface area contributed by atoms with Gasteiger partial charge in [0.25, 0.3) is 0 Å². The minimum Gasteiger partial charge on any atom is -0.333 e. The summed E-state index contributed by atoms with van der Waals surface area (Å²) in [5.74, 6) is 7.02. The average molecular weight is 365 g/mol. The third-order valence-corrected chi connectivity index (χ3v) is 5.22. The molecular weight excluding hydrogens is 337 g/mol. The molecule has 0 radical (unpaired) electrons. The summed E-state index contributed by atoms with van der Waals surface area (Å²) in [7, 11) is 0. The minimum atomic E-state index is -0.209. The number of aromatic nitrogens is 2. The van der Waals surface area contributed by atoms with Gasteiger partial charge in [-0.1, -0.05) is 23.6 Å². The van der Waals surface area contributed by atoms with Gasteiger partial charge in [0.15, 0.2) is 0 Å². The molecule has 27 heavy (non-hydrogen) atoms. The lowest BCUT2D eigenvalue weighted by atomic mass is 9.89. The van der Waals surface area contributed by atoms with Crippen molar-refractivity contribution in [2.45, 2.75) is 33.1 Å². The number of halogens is 1. The van der Waals surface area contributed by atoms with E-state index in [0.717, 1.165) is 54.8 Å². The van der Waals surface area contributed by atoms with Crippen LogP contribution in [0.15, 0.2) is 47.7 Å². The fourth-order valence-electron chi connectivity index (χ4n) is 3.52. The van der Waals surface area contributed by atoms with Crippen molar-refractivity contribution in [1.82, 2.24) is 14.9 Å². The van der Waals surface area contributed by atoms with E-state index in [1.165, 1.54) is 5.57 Å². The summed E-state index contributed by atoms with van der Waals surface area (Å²) in [6.07, 6.45) is 9.08. The van der Waals surface area contributed by atoms with Gasteiger partial charge >= 0.3 is 0 Å². The molecule has 142 valence electrons. The van der Waals surface area contributed by atoms with Crippen molar-refractivity contribution in [2.75, 3.05) is 26.3 Å². The number of piperidine rings is 1. The molecule has 3 rings (SSSR count). The molecule has 3 nitrogen and oxygen atoms in total. The monoisotopic (exact) mass is 365 g/mol. The van der Waals surface area contributed by atoms with Gasteiger partial charge in [0.05, 0.1) is 12.4 Å². The van der Waals surface area contributed by atoms with Crippen LogP contribution in [0.25, 0.3) is 11.0 Å². The fraction of sp³-hybridized carbons (Fsp3) is 0.435. The number of likely N-dealkylation sites (tertiary alicyclic amines) is 1. The van der Waals surface area contributed by atoms with Crippen LogP contribution in [0.2, 0.25) is 0 Å². The molecule has 0 atom stereocenters. The number of alkyl halides is 1. The molecule has 1 aliphatic rings. The van der Waals surface area contributed by atoms with Crippen molar-refractivity contribution < 1.29 is 4.39 Å². The van der Waals surface area contributed by atoms with Crippen LogP contribution in [0.1, 0.15) is 38.8 Å². The fourth-order valence-corrected chi connectivity index (χ4v) is 3.52. The van der Waals surface area contributed by atoms with Crippen molar-refractivity contribution in [1.29, 1.82) is 0 Å². The van der Waals surface area contributed by atoms with Crippen molar-refractivity contribution in [3.63, 3.8) is 0 Å². The highest BCUT2D eigenvalue weighted by atomic mass is 19.1. The quantitative estimate of drug-likeness (QED) is 0.605. The maximum Gasteiger partial charge on any atom is 0.138 e. The standard InChI is InChI=1S/C23H28FN3/c1-18(7-9-22-17-21-5-3-13-25-23(21)26-22)6-8-19(2)20-10-15-27(16-11-20)14-4-12-24/h3,5-6,8,13,17,20H,4,10-12,14-16H2,1-2H3,(H,25,26)/b18-6+,19-8+. The summed E-state index contributed by atoms with van der Waals surface area (Å²) >= 11 is 0. The van der Waals surface area contributed by atoms with Gasteiger partial charge in [0, 0.05) is 18.1 Å². The largest absolute Gasteiger partial charge is 0.333 e. The first-order valence-corrected chi connectivity index (χ1v) is 9.75. The second-order valence-corrected chi connectivity index (χ2v) is 7.29. The Kier molecular flexibility index (Phi) is 6.84. The molecule has 1 N–H and O–H groups in total. The van der Waals surface area contributed by atoms with Crippen molar-refractivity contribution in [3.8, 4) is 11.8 Å². The summed E-state index contributed by atoms with van der Waals surface area (Å²) in [4.78, 5) is 9.90. The maximum atomic E-state index is 12.3. The third kappa shape index (κ3) is 5.55. The molecule has 1 fully saturated rings. The SMILES string of the molecule is C/C(C#Cc1cc2cccnc2[nH]1)=C\C=C(/C)C1CCN(CCCF)CC1. The summed E-state index contributed by atoms with van der Waals surface area (Å²) < 4.78 is 12.3. The number of fused-ring (bicyclic) bond motifs is 1. The maximum absolute atomic E-state index is 12.3. The number of nitrogens with one attached hydrogen (secondary N) is 1. The molecule has 0 aliphatic carbocycles. The first-order valence-electron chi connectivity index (χ1n) is 9.75. The molecule has 0 bridgehead atoms. The summed E-state index contributed by atoms with van der Waals surface area (Å²) in [5.41, 5.74) is 4.22. The van der Waals surface area contributed by atoms with Crippen LogP contribution in [0.4, 0.5) is 4.39 Å². The number of nitrogens with zero attached hydrogens (tertiary/aromatic N) is 2. The predicted molar refractivity (Wildman–Crippen MR) is 110 cm³/mol. The van der Waals surface area contributed by atoms with Crippen molar-refractivity contribution in [3.05, 3.63) is 53.4 Å². The average Bonchev–Trinajstić information content (AvgIpc) is 3.12. The number of hydrogen-bond donors (Lipinski definition) is 1. The van der Waals surface area contributed by atoms with E-state index in [0.29, 0.717) is 12.3 Å². The number of allylic oxidation sites excluding steroid dienone is 4. The van der Waals surface area contributed by atoms with Crippen LogP contribution in [0, 0.1) is 17.8 Å². The van der Waals surface area contributed by atoms with Crippen LogP contribution in [0.3, 0.4) is 0 Å². The van der Waals surface area contributed by atoms with E-state index in [4.69, 9.17) is 0 Å². The number of H-pyrrole nitrogens is 1. The zero-order valence-corrected chi connectivity index (χ0v) is 16.3. The van der Waals surface area contributed by atoms with E-state index in [9.17, 15) is 4.39 Å². The van der Waals surface area contributed by atoms with Crippen LogP contribution >= 0.6 is 0 Å². The van der Waals surface area contributed by atoms with Gasteiger partial charge in [-0.25, -0.2) is 4.98 Å². The smallest absolute Gasteiger partial charge is 0.138 e. The normalized spacial score (nSPS) is 17.1. The number of rotatable bonds is 5. The summed E-state index contributed by atoms with van der Waals surface area (Å²) in [6.45, 7) is 7.09. The zero-order valence-electron chi connectivity index (χ0n) is 16.3. The zero-order chi connectivity index (χ0) is 19.1. The van der Waals surface area contributed by atoms with E-state index in [-0.39, 0.29) is 6.67 Å². The van der Waals surface area contributed by atoms with Crippen molar-refractivity contribution >= 4 is 11.0 Å². The van der Waals surface area contributed by atoms with Gasteiger partial charge in [-0.05, 0) is 81.8 Å². The lowest BCUT2D eigenvalue weighted by molar-refractivity contribution is 0.191. The second kappa shape index (κ2) is 9.53. The van der Waals surface area contributed by atoms with Gasteiger partial charge in [-0.3, -0.25) is 4.39 Å². The first kappa shape index (κ1) is 19.4. The highest BCUT2D eigenvalue weighted by Crippen LogP contribution is 2.24. The van der Waals surface area contributed by atoms with E-state index >= 15 is 0 Å². The van der Waals surface area contributed by atoms with Gasteiger partial charge in [-0.2, -0.15) is 0 Å². The van der Waals surface area contributed by atoms with E-state index in [1.54, 1.807) is 6.20 Å². The highest BCUT2D eigenvalue weighted by molar-refractivity contribution is 5.77.